The molecule has 0 aromatic heterocycles. The normalized spacial score (nSPS) is 10.1. The van der Waals surface area contributed by atoms with Gasteiger partial charge in [0.25, 0.3) is 0 Å². The molecular weight excluding hydrogens is 300 g/mol. The van der Waals surface area contributed by atoms with Crippen LogP contribution in [0.25, 0.3) is 0 Å². The summed E-state index contributed by atoms with van der Waals surface area (Å²) in [5.41, 5.74) is 0.657. The van der Waals surface area contributed by atoms with Crippen molar-refractivity contribution >= 4 is 29.3 Å². The third-order valence-electron chi connectivity index (χ3n) is 3.04. The molecule has 0 heterocycles. The molecule has 1 aromatic carbocycles. The highest BCUT2D eigenvalue weighted by atomic mass is 32.2. The topological polar surface area (TPSA) is 58.6 Å². The van der Waals surface area contributed by atoms with Crippen molar-refractivity contribution in [2.24, 2.45) is 0 Å². The number of amides is 2. The van der Waals surface area contributed by atoms with Crippen LogP contribution in [0.15, 0.2) is 24.3 Å². The number of anilines is 1. The molecule has 1 rings (SSSR count). The summed E-state index contributed by atoms with van der Waals surface area (Å²) in [6.07, 6.45) is 0. The van der Waals surface area contributed by atoms with E-state index in [1.165, 1.54) is 11.8 Å². The van der Waals surface area contributed by atoms with Crippen LogP contribution in [0.3, 0.4) is 0 Å². The molecule has 1 N–H and O–H groups in total. The zero-order valence-corrected chi connectivity index (χ0v) is 14.2. The number of nitrogens with zero attached hydrogens (tertiary/aromatic N) is 1. The summed E-state index contributed by atoms with van der Waals surface area (Å²) in [4.78, 5) is 25.5. The second-order valence-electron chi connectivity index (χ2n) is 4.54. The van der Waals surface area contributed by atoms with Crippen molar-refractivity contribution in [2.75, 3.05) is 36.5 Å². The first-order valence-electron chi connectivity index (χ1n) is 7.49. The quantitative estimate of drug-likeness (QED) is 0.758. The summed E-state index contributed by atoms with van der Waals surface area (Å²) in [7, 11) is 0. The number of ether oxygens (including phenoxy) is 1. The van der Waals surface area contributed by atoms with E-state index in [4.69, 9.17) is 4.74 Å². The molecule has 0 saturated carbocycles. The smallest absolute Gasteiger partial charge is 0.234 e. The number of nitrogens with one attached hydrogen (secondary N) is 1. The van der Waals surface area contributed by atoms with Crippen molar-refractivity contribution in [3.05, 3.63) is 24.3 Å². The minimum absolute atomic E-state index is 0.0671. The van der Waals surface area contributed by atoms with Crippen LogP contribution in [-0.4, -0.2) is 47.9 Å². The van der Waals surface area contributed by atoms with E-state index >= 15 is 0 Å². The van der Waals surface area contributed by atoms with Gasteiger partial charge in [-0.15, -0.1) is 11.8 Å². The second kappa shape index (κ2) is 10.1. The van der Waals surface area contributed by atoms with Crippen LogP contribution in [0.1, 0.15) is 20.8 Å². The van der Waals surface area contributed by atoms with Gasteiger partial charge in [-0.05, 0) is 32.9 Å². The van der Waals surface area contributed by atoms with Crippen LogP contribution in [0.5, 0.6) is 5.75 Å². The van der Waals surface area contributed by atoms with E-state index in [-0.39, 0.29) is 17.6 Å². The predicted molar refractivity (Wildman–Crippen MR) is 91.5 cm³/mol. The van der Waals surface area contributed by atoms with Crippen molar-refractivity contribution in [3.8, 4) is 5.75 Å². The summed E-state index contributed by atoms with van der Waals surface area (Å²) >= 11 is 1.32. The van der Waals surface area contributed by atoms with Gasteiger partial charge in [0, 0.05) is 13.1 Å². The molecule has 0 atom stereocenters. The van der Waals surface area contributed by atoms with Crippen LogP contribution in [0.2, 0.25) is 0 Å². The first-order chi connectivity index (χ1) is 10.6. The molecule has 0 aliphatic heterocycles. The van der Waals surface area contributed by atoms with Gasteiger partial charge in [-0.3, -0.25) is 9.59 Å². The maximum atomic E-state index is 11.9. The van der Waals surface area contributed by atoms with E-state index in [1.807, 2.05) is 39.0 Å². The highest BCUT2D eigenvalue weighted by molar-refractivity contribution is 8.00. The van der Waals surface area contributed by atoms with Gasteiger partial charge in [0.1, 0.15) is 5.75 Å². The largest absolute Gasteiger partial charge is 0.492 e. The molecule has 0 bridgehead atoms. The zero-order chi connectivity index (χ0) is 16.4. The molecule has 0 aliphatic rings. The summed E-state index contributed by atoms with van der Waals surface area (Å²) in [6, 6.07) is 7.32. The lowest BCUT2D eigenvalue weighted by Gasteiger charge is -2.18. The van der Waals surface area contributed by atoms with Gasteiger partial charge in [0.05, 0.1) is 23.8 Å². The number of hydrogen-bond donors (Lipinski definition) is 1. The molecule has 2 amide bonds. The number of carbonyl (C=O) groups excluding carboxylic acids is 2. The van der Waals surface area contributed by atoms with Crippen molar-refractivity contribution in [2.45, 2.75) is 20.8 Å². The van der Waals surface area contributed by atoms with Crippen LogP contribution in [0, 0.1) is 0 Å². The van der Waals surface area contributed by atoms with Crippen LogP contribution in [-0.2, 0) is 9.59 Å². The highest BCUT2D eigenvalue weighted by Gasteiger charge is 2.12. The zero-order valence-electron chi connectivity index (χ0n) is 13.4. The molecule has 0 unspecified atom stereocenters. The fourth-order valence-electron chi connectivity index (χ4n) is 1.94. The minimum atomic E-state index is -0.135. The molecule has 0 fully saturated rings. The Morgan fingerprint density at radius 3 is 2.45 bits per heavy atom. The molecule has 0 radical (unpaired) electrons. The van der Waals surface area contributed by atoms with Gasteiger partial charge in [0.2, 0.25) is 11.8 Å². The van der Waals surface area contributed by atoms with E-state index < -0.39 is 0 Å². The Kier molecular flexibility index (Phi) is 8.43. The molecule has 1 aromatic rings. The lowest BCUT2D eigenvalue weighted by atomic mass is 10.3. The van der Waals surface area contributed by atoms with Crippen LogP contribution >= 0.6 is 11.8 Å². The number of thioether (sulfide) groups is 1. The second-order valence-corrected chi connectivity index (χ2v) is 5.52. The summed E-state index contributed by atoms with van der Waals surface area (Å²) in [5, 5.41) is 2.82. The molecule has 0 aliphatic carbocycles. The maximum Gasteiger partial charge on any atom is 0.234 e. The fraction of sp³-hybridized carbons (Fsp3) is 0.500. The molecule has 6 heteroatoms. The Morgan fingerprint density at radius 2 is 1.82 bits per heavy atom. The van der Waals surface area contributed by atoms with Gasteiger partial charge >= 0.3 is 0 Å². The Labute approximate surface area is 136 Å². The van der Waals surface area contributed by atoms with Gasteiger partial charge in [-0.1, -0.05) is 12.1 Å². The lowest BCUT2D eigenvalue weighted by molar-refractivity contribution is -0.127. The summed E-state index contributed by atoms with van der Waals surface area (Å²) < 4.78 is 5.46. The Hall–Kier alpha value is -1.69. The number of rotatable bonds is 9. The number of carbonyl (C=O) groups is 2. The van der Waals surface area contributed by atoms with E-state index in [9.17, 15) is 9.59 Å². The average Bonchev–Trinajstić information content (AvgIpc) is 2.50. The van der Waals surface area contributed by atoms with Gasteiger partial charge in [0.15, 0.2) is 0 Å². The van der Waals surface area contributed by atoms with Crippen LogP contribution in [0.4, 0.5) is 5.69 Å². The van der Waals surface area contributed by atoms with E-state index in [0.29, 0.717) is 36.9 Å². The Balaban J connectivity index is 2.42. The predicted octanol–water partition coefficient (Wildman–Crippen LogP) is 2.63. The summed E-state index contributed by atoms with van der Waals surface area (Å²) in [5.74, 6) is 1.15. The highest BCUT2D eigenvalue weighted by Crippen LogP contribution is 2.23. The van der Waals surface area contributed by atoms with Crippen molar-refractivity contribution in [3.63, 3.8) is 0 Å². The minimum Gasteiger partial charge on any atom is -0.492 e. The van der Waals surface area contributed by atoms with E-state index in [1.54, 1.807) is 11.0 Å². The number of para-hydroxylation sites is 2. The third kappa shape index (κ3) is 5.97. The number of hydrogen-bond acceptors (Lipinski definition) is 4. The molecule has 22 heavy (non-hydrogen) atoms. The molecule has 0 spiro atoms. The van der Waals surface area contributed by atoms with E-state index in [0.717, 1.165) is 0 Å². The third-order valence-corrected chi connectivity index (χ3v) is 3.95. The molecule has 122 valence electrons. The molecule has 0 saturated heterocycles. The molecule has 5 nitrogen and oxygen atoms in total. The summed E-state index contributed by atoms with van der Waals surface area (Å²) in [6.45, 7) is 7.73. The van der Waals surface area contributed by atoms with Gasteiger partial charge in [-0.25, -0.2) is 0 Å². The van der Waals surface area contributed by atoms with E-state index in [2.05, 4.69) is 5.32 Å². The number of benzene rings is 1. The van der Waals surface area contributed by atoms with Crippen molar-refractivity contribution in [1.29, 1.82) is 0 Å². The maximum absolute atomic E-state index is 11.9. The monoisotopic (exact) mass is 324 g/mol. The SMILES string of the molecule is CCOc1ccccc1NC(=O)CSCC(=O)N(CC)CC. The molecular formula is C16H24N2O3S. The standard InChI is InChI=1S/C16H24N2O3S/c1-4-18(5-2)16(20)12-22-11-15(19)17-13-9-7-8-10-14(13)21-6-3/h7-10H,4-6,11-12H2,1-3H3,(H,17,19). The average molecular weight is 324 g/mol. The first kappa shape index (κ1) is 18.4. The van der Waals surface area contributed by atoms with Gasteiger partial charge in [-0.2, -0.15) is 0 Å². The Bertz CT molecular complexity index is 490. The van der Waals surface area contributed by atoms with Crippen molar-refractivity contribution < 1.29 is 14.3 Å². The fourth-order valence-corrected chi connectivity index (χ4v) is 2.65. The first-order valence-corrected chi connectivity index (χ1v) is 8.64. The van der Waals surface area contributed by atoms with Crippen molar-refractivity contribution in [1.82, 2.24) is 4.90 Å². The van der Waals surface area contributed by atoms with Gasteiger partial charge < -0.3 is 15.0 Å². The lowest BCUT2D eigenvalue weighted by Crippen LogP contribution is -2.32. The van der Waals surface area contributed by atoms with Crippen LogP contribution < -0.4 is 10.1 Å². The Morgan fingerprint density at radius 1 is 1.14 bits per heavy atom.